The number of carbonyl (C=O) groups excluding carboxylic acids is 1. The summed E-state index contributed by atoms with van der Waals surface area (Å²) in [6.45, 7) is 0. The largest absolute Gasteiger partial charge is 0.321 e. The third kappa shape index (κ3) is 3.69. The summed E-state index contributed by atoms with van der Waals surface area (Å²) in [7, 11) is 1.70. The Morgan fingerprint density at radius 2 is 1.65 bits per heavy atom. The molecule has 0 radical (unpaired) electrons. The van der Waals surface area contributed by atoms with Gasteiger partial charge in [0.05, 0.1) is 11.4 Å². The summed E-state index contributed by atoms with van der Waals surface area (Å²) in [5.41, 5.74) is 5.12. The van der Waals surface area contributed by atoms with Crippen LogP contribution in [0.2, 0.25) is 0 Å². The number of fused-ring (bicyclic) bond motifs is 1. The van der Waals surface area contributed by atoms with E-state index in [1.54, 1.807) is 25.2 Å². The van der Waals surface area contributed by atoms with Crippen LogP contribution < -0.4 is 5.32 Å². The molecule has 2 aromatic carbocycles. The van der Waals surface area contributed by atoms with Gasteiger partial charge < -0.3 is 9.72 Å². The van der Waals surface area contributed by atoms with Crippen molar-refractivity contribution in [2.45, 2.75) is 0 Å². The Morgan fingerprint density at radius 3 is 2.39 bits per heavy atom. The van der Waals surface area contributed by atoms with Crippen LogP contribution in [0.5, 0.6) is 0 Å². The molecular weight excluding hydrogens is 393 g/mol. The number of hydrogen-bond acceptors (Lipinski definition) is 3. The van der Waals surface area contributed by atoms with Crippen molar-refractivity contribution in [2.75, 3.05) is 5.32 Å². The number of rotatable bonds is 4. The summed E-state index contributed by atoms with van der Waals surface area (Å²) >= 11 is 0. The lowest BCUT2D eigenvalue weighted by Crippen LogP contribution is -2.15. The first-order valence-corrected chi connectivity index (χ1v) is 9.72. The second kappa shape index (κ2) is 7.53. The molecule has 152 valence electrons. The van der Waals surface area contributed by atoms with Gasteiger partial charge in [0.1, 0.15) is 17.2 Å². The molecule has 3 heterocycles. The Morgan fingerprint density at radius 1 is 0.935 bits per heavy atom. The number of pyridine rings is 1. The molecule has 0 aliphatic heterocycles. The molecule has 1 amide bonds. The Bertz CT molecular complexity index is 1350. The average molecular weight is 411 g/mol. The van der Waals surface area contributed by atoms with Gasteiger partial charge in [0, 0.05) is 36.3 Å². The quantitative estimate of drug-likeness (QED) is 0.462. The van der Waals surface area contributed by atoms with Crippen molar-refractivity contribution in [3.8, 4) is 22.5 Å². The second-order valence-electron chi connectivity index (χ2n) is 7.17. The summed E-state index contributed by atoms with van der Waals surface area (Å²) in [5.74, 6) is -0.589. The van der Waals surface area contributed by atoms with E-state index in [1.165, 1.54) is 16.8 Å². The van der Waals surface area contributed by atoms with Gasteiger partial charge in [0.15, 0.2) is 0 Å². The van der Waals surface area contributed by atoms with E-state index in [2.05, 4.69) is 15.4 Å². The van der Waals surface area contributed by atoms with E-state index in [0.29, 0.717) is 17.1 Å². The Labute approximate surface area is 177 Å². The van der Waals surface area contributed by atoms with E-state index in [-0.39, 0.29) is 11.7 Å². The molecule has 3 aromatic heterocycles. The molecule has 7 heteroatoms. The van der Waals surface area contributed by atoms with E-state index < -0.39 is 0 Å². The minimum absolute atomic E-state index is 0.274. The van der Waals surface area contributed by atoms with Crippen LogP contribution in [0.1, 0.15) is 10.5 Å². The molecule has 5 aromatic rings. The average Bonchev–Trinajstić information content (AvgIpc) is 3.38. The highest BCUT2D eigenvalue weighted by Gasteiger charge is 2.15. The number of halogens is 1. The number of hydrogen-bond donors (Lipinski definition) is 1. The highest BCUT2D eigenvalue weighted by Crippen LogP contribution is 2.23. The lowest BCUT2D eigenvalue weighted by molar-refractivity contribution is 0.101. The van der Waals surface area contributed by atoms with Crippen LogP contribution in [0.25, 0.3) is 28.2 Å². The fraction of sp³-hybridized carbons (Fsp3) is 0.0417. The van der Waals surface area contributed by atoms with Crippen LogP contribution in [0, 0.1) is 5.82 Å². The van der Waals surface area contributed by atoms with Crippen molar-refractivity contribution in [3.05, 3.63) is 96.7 Å². The van der Waals surface area contributed by atoms with E-state index >= 15 is 0 Å². The number of anilines is 1. The van der Waals surface area contributed by atoms with Crippen LogP contribution in [0.3, 0.4) is 0 Å². The topological polar surface area (TPSA) is 64.2 Å². The molecule has 31 heavy (non-hydrogen) atoms. The molecule has 6 nitrogen and oxygen atoms in total. The van der Waals surface area contributed by atoms with Crippen molar-refractivity contribution in [3.63, 3.8) is 0 Å². The number of amides is 1. The lowest BCUT2D eigenvalue weighted by Gasteiger charge is -2.06. The Hall–Kier alpha value is -4.26. The zero-order chi connectivity index (χ0) is 21.4. The van der Waals surface area contributed by atoms with Gasteiger partial charge in [-0.25, -0.2) is 9.37 Å². The number of aromatic nitrogens is 4. The van der Waals surface area contributed by atoms with Crippen molar-refractivity contribution < 1.29 is 9.18 Å². The van der Waals surface area contributed by atoms with Crippen molar-refractivity contribution in [1.82, 2.24) is 19.2 Å². The van der Waals surface area contributed by atoms with Crippen LogP contribution in [-0.4, -0.2) is 25.1 Å². The van der Waals surface area contributed by atoms with Gasteiger partial charge in [-0.3, -0.25) is 9.48 Å². The number of nitrogens with one attached hydrogen (secondary N) is 1. The molecule has 0 atom stereocenters. The van der Waals surface area contributed by atoms with Gasteiger partial charge in [-0.2, -0.15) is 5.10 Å². The van der Waals surface area contributed by atoms with E-state index in [1.807, 2.05) is 59.3 Å². The number of benzene rings is 2. The van der Waals surface area contributed by atoms with Gasteiger partial charge >= 0.3 is 0 Å². The first kappa shape index (κ1) is 18.7. The molecule has 0 aliphatic carbocycles. The zero-order valence-corrected chi connectivity index (χ0v) is 16.7. The first-order chi connectivity index (χ1) is 15.1. The molecule has 0 saturated carbocycles. The van der Waals surface area contributed by atoms with E-state index in [9.17, 15) is 9.18 Å². The van der Waals surface area contributed by atoms with Gasteiger partial charge in [-0.15, -0.1) is 0 Å². The number of nitrogens with zero attached hydrogens (tertiary/aromatic N) is 4. The molecule has 0 bridgehead atoms. The summed E-state index contributed by atoms with van der Waals surface area (Å²) in [5, 5.41) is 7.26. The molecule has 0 saturated heterocycles. The minimum Gasteiger partial charge on any atom is -0.321 e. The van der Waals surface area contributed by atoms with Gasteiger partial charge in [0.2, 0.25) is 0 Å². The maximum absolute atomic E-state index is 13.2. The van der Waals surface area contributed by atoms with Crippen molar-refractivity contribution in [2.24, 2.45) is 7.05 Å². The van der Waals surface area contributed by atoms with Crippen LogP contribution in [0.15, 0.2) is 85.2 Å². The third-order valence-electron chi connectivity index (χ3n) is 5.05. The Kier molecular flexibility index (Phi) is 4.55. The fourth-order valence-electron chi connectivity index (χ4n) is 3.43. The lowest BCUT2D eigenvalue weighted by atomic mass is 10.1. The van der Waals surface area contributed by atoms with Crippen molar-refractivity contribution in [1.29, 1.82) is 0 Å². The minimum atomic E-state index is -0.315. The normalized spacial score (nSPS) is 11.0. The van der Waals surface area contributed by atoms with Gasteiger partial charge in [-0.1, -0.05) is 18.2 Å². The standard InChI is InChI=1S/C24H18FN5O/c1-29-22(14-20(28-29)16-5-9-18(25)10-6-16)24(31)26-19-11-7-17(8-12-19)21-15-30-13-3-2-4-23(30)27-21/h2-15H,1H3,(H,26,31). The third-order valence-corrected chi connectivity index (χ3v) is 5.05. The predicted molar refractivity (Wildman–Crippen MR) is 117 cm³/mol. The van der Waals surface area contributed by atoms with Gasteiger partial charge in [0.25, 0.3) is 5.91 Å². The SMILES string of the molecule is Cn1nc(-c2ccc(F)cc2)cc1C(=O)Nc1ccc(-c2cn3ccccc3n2)cc1. The van der Waals surface area contributed by atoms with Crippen LogP contribution >= 0.6 is 0 Å². The fourth-order valence-corrected chi connectivity index (χ4v) is 3.43. The van der Waals surface area contributed by atoms with Crippen molar-refractivity contribution >= 4 is 17.2 Å². The molecule has 0 fully saturated rings. The molecule has 0 spiro atoms. The second-order valence-corrected chi connectivity index (χ2v) is 7.17. The monoisotopic (exact) mass is 411 g/mol. The van der Waals surface area contributed by atoms with Crippen LogP contribution in [-0.2, 0) is 7.05 Å². The van der Waals surface area contributed by atoms with Gasteiger partial charge in [-0.05, 0) is 54.6 Å². The number of aryl methyl sites for hydroxylation is 1. The maximum Gasteiger partial charge on any atom is 0.273 e. The smallest absolute Gasteiger partial charge is 0.273 e. The summed E-state index contributed by atoms with van der Waals surface area (Å²) in [6, 6.07) is 21.1. The van der Waals surface area contributed by atoms with Crippen LogP contribution in [0.4, 0.5) is 10.1 Å². The molecule has 0 unspecified atom stereocenters. The number of carbonyl (C=O) groups is 1. The highest BCUT2D eigenvalue weighted by molar-refractivity contribution is 6.03. The molecule has 5 rings (SSSR count). The summed E-state index contributed by atoms with van der Waals surface area (Å²) in [4.78, 5) is 17.4. The maximum atomic E-state index is 13.2. The first-order valence-electron chi connectivity index (χ1n) is 9.72. The zero-order valence-electron chi connectivity index (χ0n) is 16.7. The summed E-state index contributed by atoms with van der Waals surface area (Å²) in [6.07, 6.45) is 3.92. The molecule has 1 N–H and O–H groups in total. The Balaban J connectivity index is 1.34. The molecular formula is C24H18FN5O. The van der Waals surface area contributed by atoms with E-state index in [0.717, 1.165) is 22.5 Å². The molecule has 0 aliphatic rings. The predicted octanol–water partition coefficient (Wildman–Crippen LogP) is 4.79. The number of imidazole rings is 1. The summed E-state index contributed by atoms with van der Waals surface area (Å²) < 4.78 is 16.6. The van der Waals surface area contributed by atoms with E-state index in [4.69, 9.17) is 0 Å². The highest BCUT2D eigenvalue weighted by atomic mass is 19.1.